The molecule has 0 saturated carbocycles. The first kappa shape index (κ1) is 24.8. The molecule has 0 aliphatic heterocycles. The zero-order chi connectivity index (χ0) is 21.1. The number of carbonyl (C=O) groups excluding carboxylic acids is 2. The molecule has 2 atom stereocenters. The van der Waals surface area contributed by atoms with E-state index in [4.69, 9.17) is 16.3 Å². The van der Waals surface area contributed by atoms with Gasteiger partial charge in [-0.25, -0.2) is 4.39 Å². The molecule has 28 heavy (non-hydrogen) atoms. The molecule has 0 aromatic heterocycles. The highest BCUT2D eigenvalue weighted by Gasteiger charge is 2.23. The number of carbonyl (C=O) groups is 2. The van der Waals surface area contributed by atoms with Crippen molar-refractivity contribution in [2.45, 2.75) is 76.4 Å². The minimum absolute atomic E-state index is 0.0782. The third-order valence-electron chi connectivity index (χ3n) is 4.27. The van der Waals surface area contributed by atoms with E-state index in [0.29, 0.717) is 17.9 Å². The van der Waals surface area contributed by atoms with Gasteiger partial charge in [-0.2, -0.15) is 0 Å². The van der Waals surface area contributed by atoms with Crippen molar-refractivity contribution in [3.63, 3.8) is 0 Å². The molecule has 1 rings (SSSR count). The molecule has 1 aromatic rings. The van der Waals surface area contributed by atoms with Gasteiger partial charge in [-0.05, 0) is 31.4 Å². The molecule has 0 heterocycles. The van der Waals surface area contributed by atoms with Crippen LogP contribution in [0.15, 0.2) is 17.0 Å². The lowest BCUT2D eigenvalue weighted by atomic mass is 10.1. The maximum atomic E-state index is 14.3. The average Bonchev–Trinajstić information content (AvgIpc) is 2.65. The molecule has 4 nitrogen and oxygen atoms in total. The number of rotatable bonds is 12. The van der Waals surface area contributed by atoms with E-state index in [2.05, 4.69) is 5.32 Å². The number of hydrogen-bond acceptors (Lipinski definition) is 4. The summed E-state index contributed by atoms with van der Waals surface area (Å²) >= 11 is 7.45. The molecule has 1 aromatic carbocycles. The summed E-state index contributed by atoms with van der Waals surface area (Å²) in [6.45, 7) is 8.21. The van der Waals surface area contributed by atoms with Gasteiger partial charge in [0.2, 0.25) is 5.91 Å². The van der Waals surface area contributed by atoms with Gasteiger partial charge in [-0.15, -0.1) is 11.8 Å². The van der Waals surface area contributed by atoms with Crippen molar-refractivity contribution in [2.24, 2.45) is 5.92 Å². The Morgan fingerprint density at radius 3 is 2.46 bits per heavy atom. The van der Waals surface area contributed by atoms with Gasteiger partial charge in [0.1, 0.15) is 11.1 Å². The van der Waals surface area contributed by atoms with E-state index in [1.54, 1.807) is 0 Å². The van der Waals surface area contributed by atoms with Gasteiger partial charge in [0.25, 0.3) is 0 Å². The predicted molar refractivity (Wildman–Crippen MR) is 115 cm³/mol. The number of amides is 1. The second kappa shape index (κ2) is 13.0. The fraction of sp³-hybridized carbons (Fsp3) is 0.619. The van der Waals surface area contributed by atoms with Gasteiger partial charge in [0, 0.05) is 10.8 Å². The summed E-state index contributed by atoms with van der Waals surface area (Å²) in [6.07, 6.45) is 4.79. The van der Waals surface area contributed by atoms with Crippen molar-refractivity contribution in [2.75, 3.05) is 11.9 Å². The van der Waals surface area contributed by atoms with Gasteiger partial charge < -0.3 is 10.1 Å². The van der Waals surface area contributed by atoms with Crippen LogP contribution in [0, 0.1) is 11.7 Å². The number of thioether (sulfide) groups is 1. The van der Waals surface area contributed by atoms with Crippen LogP contribution in [0.4, 0.5) is 10.1 Å². The van der Waals surface area contributed by atoms with E-state index in [-0.39, 0.29) is 28.5 Å². The van der Waals surface area contributed by atoms with Crippen LogP contribution in [0.5, 0.6) is 0 Å². The number of benzene rings is 1. The monoisotopic (exact) mass is 431 g/mol. The van der Waals surface area contributed by atoms with Gasteiger partial charge in [0.15, 0.2) is 0 Å². The van der Waals surface area contributed by atoms with Crippen molar-refractivity contribution in [1.29, 1.82) is 0 Å². The minimum atomic E-state index is -0.594. The molecule has 0 spiro atoms. The van der Waals surface area contributed by atoms with Crippen molar-refractivity contribution < 1.29 is 18.7 Å². The van der Waals surface area contributed by atoms with Crippen molar-refractivity contribution in [1.82, 2.24) is 0 Å². The first-order valence-electron chi connectivity index (χ1n) is 9.97. The lowest BCUT2D eigenvalue weighted by molar-refractivity contribution is -0.143. The normalized spacial score (nSPS) is 13.1. The molecule has 0 aliphatic carbocycles. The molecule has 1 amide bonds. The van der Waals surface area contributed by atoms with Crippen LogP contribution in [0.25, 0.3) is 0 Å². The number of nitrogens with one attached hydrogen (secondary N) is 1. The van der Waals surface area contributed by atoms with E-state index in [0.717, 1.165) is 32.1 Å². The Morgan fingerprint density at radius 2 is 1.86 bits per heavy atom. The van der Waals surface area contributed by atoms with E-state index in [1.165, 1.54) is 23.9 Å². The van der Waals surface area contributed by atoms with Crippen LogP contribution in [0.1, 0.15) is 66.2 Å². The maximum absolute atomic E-state index is 14.3. The molecular formula is C21H31ClFNO3S. The van der Waals surface area contributed by atoms with Crippen LogP contribution in [0.3, 0.4) is 0 Å². The molecule has 7 heteroatoms. The maximum Gasteiger partial charge on any atom is 0.319 e. The first-order chi connectivity index (χ1) is 13.3. The SMILES string of the molecule is CCCCOC(=O)C(CCC)Sc1cc(NC(=O)C(C)CCC)c(F)cc1Cl. The molecule has 0 saturated heterocycles. The molecular weight excluding hydrogens is 401 g/mol. The molecule has 1 N–H and O–H groups in total. The van der Waals surface area contributed by atoms with Crippen LogP contribution in [-0.4, -0.2) is 23.7 Å². The quantitative estimate of drug-likeness (QED) is 0.234. The number of ether oxygens (including phenoxy) is 1. The molecule has 0 radical (unpaired) electrons. The Kier molecular flexibility index (Phi) is 11.5. The third kappa shape index (κ3) is 8.00. The Hall–Kier alpha value is -1.27. The van der Waals surface area contributed by atoms with Crippen LogP contribution >= 0.6 is 23.4 Å². The molecule has 158 valence electrons. The van der Waals surface area contributed by atoms with E-state index in [9.17, 15) is 14.0 Å². The van der Waals surface area contributed by atoms with Gasteiger partial charge in [-0.3, -0.25) is 9.59 Å². The van der Waals surface area contributed by atoms with Crippen LogP contribution in [-0.2, 0) is 14.3 Å². The Labute approximate surface area is 176 Å². The largest absolute Gasteiger partial charge is 0.465 e. The highest BCUT2D eigenvalue weighted by Crippen LogP contribution is 2.36. The molecule has 0 fully saturated rings. The zero-order valence-corrected chi connectivity index (χ0v) is 18.7. The number of halogens is 2. The Balaban J connectivity index is 2.95. The fourth-order valence-electron chi connectivity index (χ4n) is 2.59. The number of esters is 1. The third-order valence-corrected chi connectivity index (χ3v) is 6.00. The van der Waals surface area contributed by atoms with Crippen LogP contribution in [0.2, 0.25) is 5.02 Å². The average molecular weight is 432 g/mol. The summed E-state index contributed by atoms with van der Waals surface area (Å²) < 4.78 is 19.6. The van der Waals surface area contributed by atoms with Crippen molar-refractivity contribution in [3.05, 3.63) is 23.0 Å². The molecule has 2 unspecified atom stereocenters. The topological polar surface area (TPSA) is 55.4 Å². The van der Waals surface area contributed by atoms with E-state index < -0.39 is 11.1 Å². The summed E-state index contributed by atoms with van der Waals surface area (Å²) in [5, 5.41) is 2.43. The van der Waals surface area contributed by atoms with Gasteiger partial charge in [0.05, 0.1) is 17.3 Å². The Morgan fingerprint density at radius 1 is 1.18 bits per heavy atom. The first-order valence-corrected chi connectivity index (χ1v) is 11.2. The Bertz CT molecular complexity index is 657. The summed E-state index contributed by atoms with van der Waals surface area (Å²) in [5.74, 6) is -1.33. The highest BCUT2D eigenvalue weighted by molar-refractivity contribution is 8.00. The second-order valence-corrected chi connectivity index (χ2v) is 8.51. The summed E-state index contributed by atoms with van der Waals surface area (Å²) in [5.41, 5.74) is 0.0782. The highest BCUT2D eigenvalue weighted by atomic mass is 35.5. The zero-order valence-electron chi connectivity index (χ0n) is 17.1. The summed E-state index contributed by atoms with van der Waals surface area (Å²) in [4.78, 5) is 25.2. The van der Waals surface area contributed by atoms with Crippen LogP contribution < -0.4 is 5.32 Å². The fourth-order valence-corrected chi connectivity index (χ4v) is 4.05. The van der Waals surface area contributed by atoms with Crippen molar-refractivity contribution >= 4 is 40.9 Å². The minimum Gasteiger partial charge on any atom is -0.465 e. The smallest absolute Gasteiger partial charge is 0.319 e. The summed E-state index contributed by atoms with van der Waals surface area (Å²) in [6, 6.07) is 2.68. The molecule has 0 aliphatic rings. The standard InChI is InChI=1S/C21H31ClFNO3S/c1-5-8-11-27-21(26)18(10-7-3)28-19-13-17(16(23)12-15(19)22)24-20(25)14(4)9-6-2/h12-14,18H,5-11H2,1-4H3,(H,24,25). The second-order valence-electron chi connectivity index (χ2n) is 6.86. The lowest BCUT2D eigenvalue weighted by Gasteiger charge is -2.17. The van der Waals surface area contributed by atoms with Gasteiger partial charge in [-0.1, -0.05) is 58.6 Å². The molecule has 0 bridgehead atoms. The van der Waals surface area contributed by atoms with Gasteiger partial charge >= 0.3 is 5.97 Å². The van der Waals surface area contributed by atoms with E-state index in [1.807, 2.05) is 27.7 Å². The number of hydrogen-bond donors (Lipinski definition) is 1. The van der Waals surface area contributed by atoms with Crippen molar-refractivity contribution in [3.8, 4) is 0 Å². The summed E-state index contributed by atoms with van der Waals surface area (Å²) in [7, 11) is 0. The lowest BCUT2D eigenvalue weighted by Crippen LogP contribution is -2.22. The number of anilines is 1. The predicted octanol–water partition coefficient (Wildman–Crippen LogP) is 6.46. The van der Waals surface area contributed by atoms with E-state index >= 15 is 0 Å². The number of unbranched alkanes of at least 4 members (excludes halogenated alkanes) is 1.